The van der Waals surface area contributed by atoms with Crippen LogP contribution in [0.5, 0.6) is 5.75 Å². The number of aryl methyl sites for hydroxylation is 1. The topological polar surface area (TPSA) is 75.0 Å². The van der Waals surface area contributed by atoms with E-state index in [1.165, 1.54) is 7.11 Å². The van der Waals surface area contributed by atoms with Crippen molar-refractivity contribution in [2.24, 2.45) is 0 Å². The van der Waals surface area contributed by atoms with Gasteiger partial charge in [-0.3, -0.25) is 0 Å². The first-order chi connectivity index (χ1) is 13.0. The van der Waals surface area contributed by atoms with Crippen LogP contribution in [-0.2, 0) is 9.47 Å². The number of esters is 2. The average Bonchev–Trinajstić information content (AvgIpc) is 2.97. The minimum atomic E-state index is -0.514. The number of carbonyl (C=O) groups is 2. The number of benzene rings is 2. The summed E-state index contributed by atoms with van der Waals surface area (Å²) >= 11 is 3.32. The zero-order chi connectivity index (χ0) is 19.4. The van der Waals surface area contributed by atoms with Gasteiger partial charge in [0.1, 0.15) is 29.3 Å². The Morgan fingerprint density at radius 2 is 1.78 bits per heavy atom. The van der Waals surface area contributed by atoms with E-state index in [1.807, 2.05) is 0 Å². The molecule has 0 saturated carbocycles. The zero-order valence-corrected chi connectivity index (χ0v) is 16.4. The quantitative estimate of drug-likeness (QED) is 0.323. The second-order valence-corrected chi connectivity index (χ2v) is 6.63. The molecule has 27 heavy (non-hydrogen) atoms. The molecule has 7 heteroatoms. The van der Waals surface area contributed by atoms with Gasteiger partial charge in [-0.05, 0) is 49.4 Å². The molecular weight excluding hydrogens is 416 g/mol. The summed E-state index contributed by atoms with van der Waals surface area (Å²) in [6, 6.07) is 11.7. The molecule has 0 aliphatic carbocycles. The Labute approximate surface area is 164 Å². The summed E-state index contributed by atoms with van der Waals surface area (Å²) in [5, 5.41) is 0.524. The molecule has 2 aromatic carbocycles. The summed E-state index contributed by atoms with van der Waals surface area (Å²) in [7, 11) is 1.53. The van der Waals surface area contributed by atoms with Gasteiger partial charge in [0.15, 0.2) is 0 Å². The van der Waals surface area contributed by atoms with Gasteiger partial charge in [0.05, 0.1) is 12.2 Å². The maximum Gasteiger partial charge on any atom is 0.343 e. The fourth-order valence-electron chi connectivity index (χ4n) is 2.56. The summed E-state index contributed by atoms with van der Waals surface area (Å²) in [5.74, 6) is -0.267. The number of furan rings is 1. The van der Waals surface area contributed by atoms with Crippen LogP contribution in [0.25, 0.3) is 11.0 Å². The Morgan fingerprint density at radius 3 is 2.48 bits per heavy atom. The van der Waals surface area contributed by atoms with E-state index in [1.54, 1.807) is 49.4 Å². The molecule has 0 aliphatic heterocycles. The Bertz CT molecular complexity index is 974. The number of hydrogen-bond donors (Lipinski definition) is 0. The second-order valence-electron chi connectivity index (χ2n) is 5.72. The molecule has 1 aromatic heterocycles. The van der Waals surface area contributed by atoms with E-state index in [9.17, 15) is 9.59 Å². The van der Waals surface area contributed by atoms with E-state index >= 15 is 0 Å². The molecule has 0 radical (unpaired) electrons. The molecule has 0 unspecified atom stereocenters. The van der Waals surface area contributed by atoms with Gasteiger partial charge in [-0.2, -0.15) is 0 Å². The standard InChI is InChI=1S/C20H17BrO6/c1-12-18(20(23)25-10-9-24-2)16-11-15(7-8-17(16)26-12)27-19(22)13-3-5-14(21)6-4-13/h3-8,11H,9-10H2,1-2H3. The van der Waals surface area contributed by atoms with Gasteiger partial charge in [0.2, 0.25) is 0 Å². The molecular formula is C20H17BrO6. The highest BCUT2D eigenvalue weighted by molar-refractivity contribution is 9.10. The molecule has 1 heterocycles. The van der Waals surface area contributed by atoms with E-state index in [2.05, 4.69) is 15.9 Å². The summed E-state index contributed by atoms with van der Waals surface area (Å²) in [6.45, 7) is 2.12. The summed E-state index contributed by atoms with van der Waals surface area (Å²) in [6.07, 6.45) is 0. The molecule has 140 valence electrons. The monoisotopic (exact) mass is 432 g/mol. The predicted molar refractivity (Wildman–Crippen MR) is 102 cm³/mol. The van der Waals surface area contributed by atoms with Gasteiger partial charge in [0, 0.05) is 17.0 Å². The van der Waals surface area contributed by atoms with Crippen molar-refractivity contribution in [2.45, 2.75) is 6.92 Å². The first-order valence-electron chi connectivity index (χ1n) is 8.16. The van der Waals surface area contributed by atoms with E-state index in [4.69, 9.17) is 18.6 Å². The Hall–Kier alpha value is -2.64. The lowest BCUT2D eigenvalue weighted by Gasteiger charge is -2.06. The van der Waals surface area contributed by atoms with Crippen LogP contribution in [0.4, 0.5) is 0 Å². The molecule has 6 nitrogen and oxygen atoms in total. The van der Waals surface area contributed by atoms with E-state index in [-0.39, 0.29) is 6.61 Å². The van der Waals surface area contributed by atoms with Crippen molar-refractivity contribution >= 4 is 38.8 Å². The van der Waals surface area contributed by atoms with E-state index in [0.29, 0.717) is 40.2 Å². The fraction of sp³-hybridized carbons (Fsp3) is 0.200. The van der Waals surface area contributed by atoms with Crippen LogP contribution < -0.4 is 4.74 Å². The Kier molecular flexibility index (Phi) is 5.93. The largest absolute Gasteiger partial charge is 0.460 e. The molecule has 0 saturated heterocycles. The van der Waals surface area contributed by atoms with Gasteiger partial charge in [-0.25, -0.2) is 9.59 Å². The van der Waals surface area contributed by atoms with Crippen molar-refractivity contribution in [3.05, 3.63) is 63.8 Å². The first kappa shape index (κ1) is 19.1. The van der Waals surface area contributed by atoms with Crippen molar-refractivity contribution < 1.29 is 28.2 Å². The van der Waals surface area contributed by atoms with Crippen LogP contribution in [0.2, 0.25) is 0 Å². The molecule has 0 N–H and O–H groups in total. The highest BCUT2D eigenvalue weighted by atomic mass is 79.9. The maximum atomic E-state index is 12.4. The molecule has 3 rings (SSSR count). The Morgan fingerprint density at radius 1 is 1.04 bits per heavy atom. The van der Waals surface area contributed by atoms with Crippen LogP contribution in [-0.4, -0.2) is 32.3 Å². The highest BCUT2D eigenvalue weighted by Gasteiger charge is 2.20. The third kappa shape index (κ3) is 4.37. The summed E-state index contributed by atoms with van der Waals surface area (Å²) < 4.78 is 22.0. The molecule has 0 aliphatic rings. The van der Waals surface area contributed by atoms with Crippen LogP contribution in [0.1, 0.15) is 26.5 Å². The number of ether oxygens (including phenoxy) is 3. The van der Waals surface area contributed by atoms with E-state index in [0.717, 1.165) is 4.47 Å². The molecule has 0 fully saturated rings. The van der Waals surface area contributed by atoms with Gasteiger partial charge in [-0.15, -0.1) is 0 Å². The maximum absolute atomic E-state index is 12.4. The van der Waals surface area contributed by atoms with Gasteiger partial charge < -0.3 is 18.6 Å². The van der Waals surface area contributed by atoms with Crippen molar-refractivity contribution in [2.75, 3.05) is 20.3 Å². The SMILES string of the molecule is COCCOC(=O)c1c(C)oc2ccc(OC(=O)c3ccc(Br)cc3)cc12. The van der Waals surface area contributed by atoms with E-state index < -0.39 is 11.9 Å². The fourth-order valence-corrected chi connectivity index (χ4v) is 2.82. The summed E-state index contributed by atoms with van der Waals surface area (Å²) in [5.41, 5.74) is 1.23. The van der Waals surface area contributed by atoms with Crippen LogP contribution >= 0.6 is 15.9 Å². The minimum absolute atomic E-state index is 0.139. The van der Waals surface area contributed by atoms with Gasteiger partial charge >= 0.3 is 11.9 Å². The average molecular weight is 433 g/mol. The lowest BCUT2D eigenvalue weighted by molar-refractivity contribution is 0.0388. The number of fused-ring (bicyclic) bond motifs is 1. The second kappa shape index (κ2) is 8.37. The van der Waals surface area contributed by atoms with Crippen LogP contribution in [0, 0.1) is 6.92 Å². The third-order valence-electron chi connectivity index (χ3n) is 3.85. The number of rotatable bonds is 6. The lowest BCUT2D eigenvalue weighted by atomic mass is 10.1. The van der Waals surface area contributed by atoms with Crippen molar-refractivity contribution in [1.82, 2.24) is 0 Å². The first-order valence-corrected chi connectivity index (χ1v) is 8.96. The molecule has 0 spiro atoms. The van der Waals surface area contributed by atoms with Crippen molar-refractivity contribution in [3.8, 4) is 5.75 Å². The van der Waals surface area contributed by atoms with Crippen LogP contribution in [0.15, 0.2) is 51.4 Å². The van der Waals surface area contributed by atoms with Gasteiger partial charge in [-0.1, -0.05) is 15.9 Å². The van der Waals surface area contributed by atoms with Crippen LogP contribution in [0.3, 0.4) is 0 Å². The number of methoxy groups -OCH3 is 1. The molecule has 3 aromatic rings. The number of halogens is 1. The van der Waals surface area contributed by atoms with Gasteiger partial charge in [0.25, 0.3) is 0 Å². The Balaban J connectivity index is 1.85. The smallest absolute Gasteiger partial charge is 0.343 e. The summed E-state index contributed by atoms with van der Waals surface area (Å²) in [4.78, 5) is 24.6. The normalized spacial score (nSPS) is 10.8. The lowest BCUT2D eigenvalue weighted by Crippen LogP contribution is -2.10. The zero-order valence-electron chi connectivity index (χ0n) is 14.8. The molecule has 0 amide bonds. The van der Waals surface area contributed by atoms with Crippen molar-refractivity contribution in [1.29, 1.82) is 0 Å². The number of hydrogen-bond acceptors (Lipinski definition) is 6. The number of carbonyl (C=O) groups excluding carboxylic acids is 2. The molecule has 0 bridgehead atoms. The highest BCUT2D eigenvalue weighted by Crippen LogP contribution is 2.30. The molecule has 0 atom stereocenters. The predicted octanol–water partition coefficient (Wildman–Crippen LogP) is 4.53. The third-order valence-corrected chi connectivity index (χ3v) is 4.38. The minimum Gasteiger partial charge on any atom is -0.460 e. The van der Waals surface area contributed by atoms with Crippen molar-refractivity contribution in [3.63, 3.8) is 0 Å².